The number of alkyl halides is 3. The molecule has 0 atom stereocenters. The van der Waals surface area contributed by atoms with Crippen molar-refractivity contribution in [2.24, 2.45) is 5.73 Å². The maximum absolute atomic E-state index is 12.2. The summed E-state index contributed by atoms with van der Waals surface area (Å²) in [4.78, 5) is -0.551. The fourth-order valence-electron chi connectivity index (χ4n) is 1.43. The summed E-state index contributed by atoms with van der Waals surface area (Å²) in [6, 6.07) is 4.57. The van der Waals surface area contributed by atoms with Crippen LogP contribution in [0, 0.1) is 0 Å². The van der Waals surface area contributed by atoms with Crippen LogP contribution < -0.4 is 15.2 Å². The van der Waals surface area contributed by atoms with Gasteiger partial charge in [-0.25, -0.2) is 13.1 Å². The van der Waals surface area contributed by atoms with Crippen molar-refractivity contribution >= 4 is 22.4 Å². The number of halogens is 4. The van der Waals surface area contributed by atoms with E-state index in [0.29, 0.717) is 19.4 Å². The van der Waals surface area contributed by atoms with E-state index in [4.69, 9.17) is 5.73 Å². The molecule has 5 nitrogen and oxygen atoms in total. The van der Waals surface area contributed by atoms with Gasteiger partial charge < -0.3 is 10.5 Å². The number of ether oxygens (including phenoxy) is 1. The zero-order valence-corrected chi connectivity index (χ0v) is 12.5. The Morgan fingerprint density at radius 1 is 1.19 bits per heavy atom. The summed E-state index contributed by atoms with van der Waals surface area (Å²) in [5, 5.41) is 0. The lowest BCUT2D eigenvalue weighted by molar-refractivity contribution is -0.275. The predicted octanol–water partition coefficient (Wildman–Crippen LogP) is 2.02. The van der Waals surface area contributed by atoms with Gasteiger partial charge in [0, 0.05) is 6.54 Å². The van der Waals surface area contributed by atoms with E-state index in [1.165, 1.54) is 12.1 Å². The van der Waals surface area contributed by atoms with E-state index in [0.717, 1.165) is 12.1 Å². The number of para-hydroxylation sites is 1. The molecule has 0 aliphatic rings. The molecule has 1 aromatic rings. The van der Waals surface area contributed by atoms with Crippen molar-refractivity contribution in [1.29, 1.82) is 0 Å². The summed E-state index contributed by atoms with van der Waals surface area (Å²) < 4.78 is 66.4. The van der Waals surface area contributed by atoms with Crippen molar-refractivity contribution in [1.82, 2.24) is 4.72 Å². The summed E-state index contributed by atoms with van der Waals surface area (Å²) in [5.41, 5.74) is 5.26. The molecule has 0 radical (unpaired) electrons. The molecule has 0 bridgehead atoms. The second-order valence-corrected chi connectivity index (χ2v) is 5.62. The lowest BCUT2D eigenvalue weighted by atomic mass is 10.3. The van der Waals surface area contributed by atoms with Crippen molar-refractivity contribution < 1.29 is 26.3 Å². The standard InChI is InChI=1S/C11H15F3N2O3S.ClH/c12-11(13,14)19-9-5-1-2-6-10(9)20(17,18)16-8-4-3-7-15;/h1-2,5-6,16H,3-4,7-8,15H2;1H. The van der Waals surface area contributed by atoms with Crippen LogP contribution in [0.3, 0.4) is 0 Å². The molecule has 0 aliphatic carbocycles. The van der Waals surface area contributed by atoms with Gasteiger partial charge in [0.2, 0.25) is 10.0 Å². The lowest BCUT2D eigenvalue weighted by Gasteiger charge is -2.13. The van der Waals surface area contributed by atoms with Gasteiger partial charge >= 0.3 is 6.36 Å². The normalized spacial score (nSPS) is 11.8. The van der Waals surface area contributed by atoms with Crippen LogP contribution in [-0.4, -0.2) is 27.9 Å². The van der Waals surface area contributed by atoms with Crippen LogP contribution in [0.25, 0.3) is 0 Å². The van der Waals surface area contributed by atoms with Gasteiger partial charge in [-0.05, 0) is 31.5 Å². The van der Waals surface area contributed by atoms with Gasteiger partial charge in [-0.2, -0.15) is 0 Å². The summed E-state index contributed by atoms with van der Waals surface area (Å²) in [6.07, 6.45) is -3.84. The monoisotopic (exact) mass is 348 g/mol. The highest BCUT2D eigenvalue weighted by molar-refractivity contribution is 7.89. The second kappa shape index (κ2) is 8.42. The Morgan fingerprint density at radius 3 is 2.38 bits per heavy atom. The fourth-order valence-corrected chi connectivity index (χ4v) is 2.64. The maximum Gasteiger partial charge on any atom is 0.573 e. The molecule has 0 amide bonds. The van der Waals surface area contributed by atoms with Crippen LogP contribution >= 0.6 is 12.4 Å². The van der Waals surface area contributed by atoms with E-state index in [1.807, 2.05) is 0 Å². The van der Waals surface area contributed by atoms with Gasteiger partial charge in [0.1, 0.15) is 10.6 Å². The van der Waals surface area contributed by atoms with Crippen molar-refractivity contribution in [3.8, 4) is 5.75 Å². The minimum absolute atomic E-state index is 0. The van der Waals surface area contributed by atoms with Gasteiger partial charge in [0.05, 0.1) is 0 Å². The average molecular weight is 349 g/mol. The zero-order chi connectivity index (χ0) is 15.2. The molecular weight excluding hydrogens is 333 g/mol. The summed E-state index contributed by atoms with van der Waals surface area (Å²) in [7, 11) is -4.06. The Kier molecular flexibility index (Phi) is 8.01. The summed E-state index contributed by atoms with van der Waals surface area (Å²) in [5.74, 6) is -0.758. The summed E-state index contributed by atoms with van der Waals surface area (Å²) >= 11 is 0. The highest BCUT2D eigenvalue weighted by Crippen LogP contribution is 2.29. The van der Waals surface area contributed by atoms with Crippen molar-refractivity contribution in [2.45, 2.75) is 24.1 Å². The number of unbranched alkanes of at least 4 members (excludes halogenated alkanes) is 1. The van der Waals surface area contributed by atoms with Crippen molar-refractivity contribution in [3.05, 3.63) is 24.3 Å². The number of benzene rings is 1. The largest absolute Gasteiger partial charge is 0.573 e. The molecule has 1 rings (SSSR count). The minimum Gasteiger partial charge on any atom is -0.404 e. The lowest BCUT2D eigenvalue weighted by Crippen LogP contribution is -2.27. The SMILES string of the molecule is Cl.NCCCCNS(=O)(=O)c1ccccc1OC(F)(F)F. The first-order chi connectivity index (χ1) is 9.26. The Hall–Kier alpha value is -1.03. The van der Waals surface area contributed by atoms with Crippen LogP contribution in [0.1, 0.15) is 12.8 Å². The van der Waals surface area contributed by atoms with Crippen LogP contribution in [0.2, 0.25) is 0 Å². The van der Waals surface area contributed by atoms with Crippen LogP contribution in [-0.2, 0) is 10.0 Å². The molecule has 0 fully saturated rings. The number of sulfonamides is 1. The maximum atomic E-state index is 12.2. The number of hydrogen-bond donors (Lipinski definition) is 2. The zero-order valence-electron chi connectivity index (χ0n) is 10.9. The smallest absolute Gasteiger partial charge is 0.404 e. The van der Waals surface area contributed by atoms with E-state index < -0.39 is 27.0 Å². The molecule has 0 heterocycles. The Morgan fingerprint density at radius 2 is 1.81 bits per heavy atom. The number of rotatable bonds is 7. The number of nitrogens with one attached hydrogen (secondary N) is 1. The summed E-state index contributed by atoms with van der Waals surface area (Å²) in [6.45, 7) is 0.509. The first-order valence-electron chi connectivity index (χ1n) is 5.81. The topological polar surface area (TPSA) is 81.4 Å². The molecule has 21 heavy (non-hydrogen) atoms. The third-order valence-corrected chi connectivity index (χ3v) is 3.79. The molecule has 0 aliphatic heterocycles. The van der Waals surface area contributed by atoms with Gasteiger partial charge in [0.25, 0.3) is 0 Å². The second-order valence-electron chi connectivity index (χ2n) is 3.89. The Bertz CT molecular complexity index is 538. The molecule has 3 N–H and O–H groups in total. The minimum atomic E-state index is -4.95. The Labute approximate surface area is 127 Å². The molecule has 0 saturated carbocycles. The van der Waals surface area contributed by atoms with Crippen LogP contribution in [0.5, 0.6) is 5.75 Å². The number of hydrogen-bond acceptors (Lipinski definition) is 4. The molecular formula is C11H16ClF3N2O3S. The van der Waals surface area contributed by atoms with Gasteiger partial charge in [-0.15, -0.1) is 25.6 Å². The molecule has 10 heteroatoms. The number of nitrogens with two attached hydrogens (primary N) is 1. The predicted molar refractivity (Wildman–Crippen MR) is 73.8 cm³/mol. The first kappa shape index (κ1) is 20.0. The van der Waals surface area contributed by atoms with E-state index >= 15 is 0 Å². The average Bonchev–Trinajstić information content (AvgIpc) is 2.33. The van der Waals surface area contributed by atoms with Crippen LogP contribution in [0.4, 0.5) is 13.2 Å². The van der Waals surface area contributed by atoms with Crippen molar-refractivity contribution in [3.63, 3.8) is 0 Å². The van der Waals surface area contributed by atoms with Gasteiger partial charge in [-0.3, -0.25) is 0 Å². The third-order valence-electron chi connectivity index (χ3n) is 2.29. The van der Waals surface area contributed by atoms with E-state index in [2.05, 4.69) is 9.46 Å². The fraction of sp³-hybridized carbons (Fsp3) is 0.455. The molecule has 122 valence electrons. The van der Waals surface area contributed by atoms with Gasteiger partial charge in [0.15, 0.2) is 0 Å². The first-order valence-corrected chi connectivity index (χ1v) is 7.29. The highest BCUT2D eigenvalue weighted by Gasteiger charge is 2.33. The molecule has 0 unspecified atom stereocenters. The molecule has 0 spiro atoms. The Balaban J connectivity index is 0.00000400. The highest BCUT2D eigenvalue weighted by atomic mass is 35.5. The van der Waals surface area contributed by atoms with Crippen molar-refractivity contribution in [2.75, 3.05) is 13.1 Å². The van der Waals surface area contributed by atoms with E-state index in [-0.39, 0.29) is 19.0 Å². The van der Waals surface area contributed by atoms with Crippen LogP contribution in [0.15, 0.2) is 29.2 Å². The molecule has 1 aromatic carbocycles. The third kappa shape index (κ3) is 6.98. The van der Waals surface area contributed by atoms with Gasteiger partial charge in [-0.1, -0.05) is 12.1 Å². The molecule has 0 saturated heterocycles. The quantitative estimate of drug-likeness (QED) is 0.739. The van der Waals surface area contributed by atoms with E-state index in [9.17, 15) is 21.6 Å². The molecule has 0 aromatic heterocycles. The van der Waals surface area contributed by atoms with E-state index in [1.54, 1.807) is 0 Å².